The van der Waals surface area contributed by atoms with Crippen molar-refractivity contribution in [3.8, 4) is 5.75 Å². The summed E-state index contributed by atoms with van der Waals surface area (Å²) in [5, 5.41) is 0. The number of ether oxygens (including phenoxy) is 1. The van der Waals surface area contributed by atoms with Crippen molar-refractivity contribution in [1.29, 1.82) is 0 Å². The van der Waals surface area contributed by atoms with Gasteiger partial charge >= 0.3 is 0 Å². The zero-order chi connectivity index (χ0) is 17.9. The van der Waals surface area contributed by atoms with Gasteiger partial charge in [0.05, 0.1) is 0 Å². The van der Waals surface area contributed by atoms with Crippen molar-refractivity contribution in [2.75, 3.05) is 26.2 Å². The third-order valence-electron chi connectivity index (χ3n) is 5.67. The van der Waals surface area contributed by atoms with Gasteiger partial charge < -0.3 is 14.5 Å². The number of hydrogen-bond acceptors (Lipinski definition) is 3. The van der Waals surface area contributed by atoms with E-state index in [-0.39, 0.29) is 17.2 Å². The second-order valence-corrected chi connectivity index (χ2v) is 7.31. The maximum atomic E-state index is 12.7. The molecule has 2 heterocycles. The zero-order valence-corrected chi connectivity index (χ0v) is 15.2. The first-order chi connectivity index (χ1) is 12.0. The molecule has 1 aromatic rings. The van der Waals surface area contributed by atoms with E-state index in [2.05, 4.69) is 0 Å². The molecule has 2 saturated heterocycles. The Balaban J connectivity index is 1.55. The van der Waals surface area contributed by atoms with Crippen LogP contribution in [0.25, 0.3) is 0 Å². The van der Waals surface area contributed by atoms with E-state index in [4.69, 9.17) is 4.74 Å². The van der Waals surface area contributed by atoms with E-state index in [1.165, 1.54) is 0 Å². The molecule has 0 unspecified atom stereocenters. The third kappa shape index (κ3) is 3.97. The molecule has 0 aromatic heterocycles. The molecule has 5 nitrogen and oxygen atoms in total. The highest BCUT2D eigenvalue weighted by Gasteiger charge is 2.41. The Morgan fingerprint density at radius 3 is 2.52 bits per heavy atom. The molecule has 0 radical (unpaired) electrons. The Bertz CT molecular complexity index is 609. The number of nitrogens with zero attached hydrogens (tertiary/aromatic N) is 2. The molecule has 1 spiro atoms. The topological polar surface area (TPSA) is 49.9 Å². The first kappa shape index (κ1) is 17.8. The third-order valence-corrected chi connectivity index (χ3v) is 5.67. The van der Waals surface area contributed by atoms with Crippen LogP contribution in [0.3, 0.4) is 0 Å². The van der Waals surface area contributed by atoms with Crippen LogP contribution in [0, 0.1) is 5.41 Å². The van der Waals surface area contributed by atoms with Crippen LogP contribution in [0.1, 0.15) is 39.5 Å². The molecule has 0 aliphatic carbocycles. The smallest absolute Gasteiger partial charge is 0.263 e. The average Bonchev–Trinajstić information content (AvgIpc) is 2.65. The van der Waals surface area contributed by atoms with Gasteiger partial charge in [-0.1, -0.05) is 18.2 Å². The van der Waals surface area contributed by atoms with Gasteiger partial charge in [-0.25, -0.2) is 0 Å². The van der Waals surface area contributed by atoms with Gasteiger partial charge in [0.1, 0.15) is 5.75 Å². The van der Waals surface area contributed by atoms with Gasteiger partial charge in [0.25, 0.3) is 5.91 Å². The van der Waals surface area contributed by atoms with Crippen molar-refractivity contribution in [2.45, 2.75) is 45.6 Å². The van der Waals surface area contributed by atoms with Gasteiger partial charge in [0.15, 0.2) is 6.10 Å². The summed E-state index contributed by atoms with van der Waals surface area (Å²) in [4.78, 5) is 28.5. The number of piperidine rings is 2. The predicted octanol–water partition coefficient (Wildman–Crippen LogP) is 2.71. The lowest BCUT2D eigenvalue weighted by Crippen LogP contribution is -2.53. The number of rotatable bonds is 4. The number of hydrogen-bond donors (Lipinski definition) is 0. The minimum Gasteiger partial charge on any atom is -0.481 e. The van der Waals surface area contributed by atoms with E-state index < -0.39 is 6.10 Å². The van der Waals surface area contributed by atoms with Crippen LogP contribution in [0.2, 0.25) is 0 Å². The number of amides is 2. The zero-order valence-electron chi connectivity index (χ0n) is 15.2. The fourth-order valence-electron chi connectivity index (χ4n) is 4.01. The maximum absolute atomic E-state index is 12.7. The number of carbonyl (C=O) groups is 2. The van der Waals surface area contributed by atoms with Gasteiger partial charge in [-0.15, -0.1) is 0 Å². The highest BCUT2D eigenvalue weighted by Crippen LogP contribution is 2.40. The molecule has 0 saturated carbocycles. The van der Waals surface area contributed by atoms with E-state index in [1.807, 2.05) is 54.0 Å². The van der Waals surface area contributed by atoms with Crippen LogP contribution in [0.15, 0.2) is 30.3 Å². The molecule has 3 rings (SSSR count). The summed E-state index contributed by atoms with van der Waals surface area (Å²) in [6.45, 7) is 7.00. The predicted molar refractivity (Wildman–Crippen MR) is 96.3 cm³/mol. The van der Waals surface area contributed by atoms with Crippen LogP contribution in [0.5, 0.6) is 5.75 Å². The molecule has 2 aliphatic heterocycles. The fraction of sp³-hybridized carbons (Fsp3) is 0.600. The van der Waals surface area contributed by atoms with Crippen molar-refractivity contribution >= 4 is 11.8 Å². The highest BCUT2D eigenvalue weighted by atomic mass is 16.5. The average molecular weight is 344 g/mol. The summed E-state index contributed by atoms with van der Waals surface area (Å²) in [5.74, 6) is 1.05. The Morgan fingerprint density at radius 1 is 1.20 bits per heavy atom. The van der Waals surface area contributed by atoms with Crippen LogP contribution in [-0.4, -0.2) is 53.9 Å². The molecule has 1 aromatic carbocycles. The standard InChI is InChI=1S/C20H28N2O3/c1-3-21-15-20(10-9-18(21)23)11-13-22(14-12-20)19(24)16(2)25-17-7-5-4-6-8-17/h4-8,16H,3,9-15H2,1-2H3/t16-/m0/s1. The number of benzene rings is 1. The van der Waals surface area contributed by atoms with Gasteiger partial charge in [0.2, 0.25) is 5.91 Å². The lowest BCUT2D eigenvalue weighted by atomic mass is 9.72. The molecule has 1 atom stereocenters. The van der Waals surface area contributed by atoms with Crippen LogP contribution >= 0.6 is 0 Å². The highest BCUT2D eigenvalue weighted by molar-refractivity contribution is 5.81. The molecule has 2 aliphatic rings. The van der Waals surface area contributed by atoms with Gasteiger partial charge in [-0.2, -0.15) is 0 Å². The van der Waals surface area contributed by atoms with Gasteiger partial charge in [0, 0.05) is 32.6 Å². The molecule has 136 valence electrons. The Labute approximate surface area is 149 Å². The fourth-order valence-corrected chi connectivity index (χ4v) is 4.01. The number of carbonyl (C=O) groups excluding carboxylic acids is 2. The molecule has 2 fully saturated rings. The summed E-state index contributed by atoms with van der Waals surface area (Å²) >= 11 is 0. The van der Waals surface area contributed by atoms with Gasteiger partial charge in [-0.05, 0) is 50.7 Å². The van der Waals surface area contributed by atoms with Crippen molar-refractivity contribution in [3.63, 3.8) is 0 Å². The number of para-hydroxylation sites is 1. The quantitative estimate of drug-likeness (QED) is 0.844. The molecule has 5 heteroatoms. The van der Waals surface area contributed by atoms with Crippen LogP contribution < -0.4 is 4.74 Å². The minimum absolute atomic E-state index is 0.0536. The van der Waals surface area contributed by atoms with E-state index in [0.717, 1.165) is 51.2 Å². The lowest BCUT2D eigenvalue weighted by Gasteiger charge is -2.47. The van der Waals surface area contributed by atoms with Crippen LogP contribution in [0.4, 0.5) is 0 Å². The van der Waals surface area contributed by atoms with Crippen molar-refractivity contribution in [1.82, 2.24) is 9.80 Å². The Kier molecular flexibility index (Phi) is 5.30. The number of likely N-dealkylation sites (tertiary alicyclic amines) is 2. The molecule has 0 bridgehead atoms. The molecule has 25 heavy (non-hydrogen) atoms. The van der Waals surface area contributed by atoms with Gasteiger partial charge in [-0.3, -0.25) is 9.59 Å². The van der Waals surface area contributed by atoms with E-state index >= 15 is 0 Å². The summed E-state index contributed by atoms with van der Waals surface area (Å²) in [6.07, 6.45) is 3.08. The molecule has 0 N–H and O–H groups in total. The summed E-state index contributed by atoms with van der Waals surface area (Å²) in [6, 6.07) is 9.47. The lowest BCUT2D eigenvalue weighted by molar-refractivity contribution is -0.145. The summed E-state index contributed by atoms with van der Waals surface area (Å²) in [5.41, 5.74) is 0.199. The largest absolute Gasteiger partial charge is 0.481 e. The SMILES string of the molecule is CCN1CC2(CCC1=O)CCN(C(=O)[C@H](C)Oc1ccccc1)CC2. The summed E-state index contributed by atoms with van der Waals surface area (Å²) in [7, 11) is 0. The van der Waals surface area contributed by atoms with Crippen molar-refractivity contribution in [3.05, 3.63) is 30.3 Å². The van der Waals surface area contributed by atoms with Crippen molar-refractivity contribution < 1.29 is 14.3 Å². The van der Waals surface area contributed by atoms with E-state index in [1.54, 1.807) is 0 Å². The first-order valence-corrected chi connectivity index (χ1v) is 9.31. The Morgan fingerprint density at radius 2 is 1.88 bits per heavy atom. The Hall–Kier alpha value is -2.04. The molecule has 2 amide bonds. The maximum Gasteiger partial charge on any atom is 0.263 e. The molecular formula is C20H28N2O3. The van der Waals surface area contributed by atoms with E-state index in [9.17, 15) is 9.59 Å². The first-order valence-electron chi connectivity index (χ1n) is 9.31. The summed E-state index contributed by atoms with van der Waals surface area (Å²) < 4.78 is 5.77. The monoisotopic (exact) mass is 344 g/mol. The minimum atomic E-state index is -0.475. The second kappa shape index (κ2) is 7.46. The van der Waals surface area contributed by atoms with E-state index in [0.29, 0.717) is 6.42 Å². The second-order valence-electron chi connectivity index (χ2n) is 7.31. The van der Waals surface area contributed by atoms with Crippen LogP contribution in [-0.2, 0) is 9.59 Å². The molecular weight excluding hydrogens is 316 g/mol. The van der Waals surface area contributed by atoms with Crippen molar-refractivity contribution in [2.24, 2.45) is 5.41 Å². The normalized spacial score (nSPS) is 21.3.